The van der Waals surface area contributed by atoms with E-state index in [0.717, 1.165) is 0 Å². The largest absolute Gasteiger partial charge is 0.493 e. The van der Waals surface area contributed by atoms with Crippen molar-refractivity contribution in [1.29, 1.82) is 0 Å². The number of likely N-dealkylation sites (N-methyl/N-ethyl adjacent to an activating group) is 1. The van der Waals surface area contributed by atoms with Gasteiger partial charge in [0.1, 0.15) is 5.75 Å². The summed E-state index contributed by atoms with van der Waals surface area (Å²) in [4.78, 5) is 24.3. The molecule has 0 amide bonds. The first-order valence-electron chi connectivity index (χ1n) is 6.20. The SMILES string of the molecule is CCOc1ccccc1C(=O)CN(C)CCC(=O)O. The van der Waals surface area contributed by atoms with Crippen LogP contribution in [0.15, 0.2) is 24.3 Å². The van der Waals surface area contributed by atoms with E-state index in [2.05, 4.69) is 0 Å². The average Bonchev–Trinajstić information content (AvgIpc) is 2.37. The molecule has 0 aliphatic carbocycles. The number of nitrogens with zero attached hydrogens (tertiary/aromatic N) is 1. The van der Waals surface area contributed by atoms with Crippen LogP contribution in [-0.2, 0) is 4.79 Å². The third kappa shape index (κ3) is 5.09. The van der Waals surface area contributed by atoms with E-state index in [1.807, 2.05) is 13.0 Å². The van der Waals surface area contributed by atoms with E-state index in [4.69, 9.17) is 9.84 Å². The first-order chi connectivity index (χ1) is 9.04. The summed E-state index contributed by atoms with van der Waals surface area (Å²) in [6, 6.07) is 7.08. The van der Waals surface area contributed by atoms with Gasteiger partial charge in [0, 0.05) is 6.54 Å². The van der Waals surface area contributed by atoms with Gasteiger partial charge in [0.05, 0.1) is 25.1 Å². The Balaban J connectivity index is 2.64. The molecular weight excluding hydrogens is 246 g/mol. The first kappa shape index (κ1) is 15.2. The Morgan fingerprint density at radius 2 is 2.00 bits per heavy atom. The highest BCUT2D eigenvalue weighted by molar-refractivity contribution is 6.00. The molecule has 0 aliphatic rings. The number of ketones is 1. The Bertz CT molecular complexity index is 445. The molecule has 0 saturated heterocycles. The number of carbonyl (C=O) groups excluding carboxylic acids is 1. The molecule has 1 aromatic rings. The van der Waals surface area contributed by atoms with Crippen molar-refractivity contribution in [1.82, 2.24) is 4.90 Å². The van der Waals surface area contributed by atoms with Crippen LogP contribution in [0.4, 0.5) is 0 Å². The molecular formula is C14H19NO4. The highest BCUT2D eigenvalue weighted by atomic mass is 16.5. The van der Waals surface area contributed by atoms with Gasteiger partial charge in [-0.25, -0.2) is 0 Å². The van der Waals surface area contributed by atoms with Gasteiger partial charge >= 0.3 is 5.97 Å². The molecule has 1 rings (SSSR count). The molecule has 0 spiro atoms. The molecule has 1 N–H and O–H groups in total. The smallest absolute Gasteiger partial charge is 0.304 e. The van der Waals surface area contributed by atoms with E-state index < -0.39 is 5.97 Å². The van der Waals surface area contributed by atoms with Gasteiger partial charge in [-0.3, -0.25) is 14.5 Å². The van der Waals surface area contributed by atoms with Crippen molar-refractivity contribution < 1.29 is 19.4 Å². The van der Waals surface area contributed by atoms with E-state index in [-0.39, 0.29) is 18.7 Å². The highest BCUT2D eigenvalue weighted by Crippen LogP contribution is 2.18. The Labute approximate surface area is 112 Å². The lowest BCUT2D eigenvalue weighted by atomic mass is 10.1. The summed E-state index contributed by atoms with van der Waals surface area (Å²) in [5, 5.41) is 8.60. The Hall–Kier alpha value is -1.88. The minimum atomic E-state index is -0.867. The van der Waals surface area contributed by atoms with Crippen molar-refractivity contribution in [2.45, 2.75) is 13.3 Å². The molecule has 5 heteroatoms. The Kier molecular flexibility index (Phi) is 6.02. The summed E-state index contributed by atoms with van der Waals surface area (Å²) >= 11 is 0. The first-order valence-corrected chi connectivity index (χ1v) is 6.20. The highest BCUT2D eigenvalue weighted by Gasteiger charge is 2.14. The van der Waals surface area contributed by atoms with Crippen molar-refractivity contribution >= 4 is 11.8 Å². The molecule has 0 radical (unpaired) electrons. The van der Waals surface area contributed by atoms with Crippen molar-refractivity contribution in [2.24, 2.45) is 0 Å². The molecule has 1 aromatic carbocycles. The van der Waals surface area contributed by atoms with Gasteiger partial charge in [0.15, 0.2) is 5.78 Å². The van der Waals surface area contributed by atoms with Crippen LogP contribution >= 0.6 is 0 Å². The van der Waals surface area contributed by atoms with Crippen LogP contribution in [0.3, 0.4) is 0 Å². The fourth-order valence-electron chi connectivity index (χ4n) is 1.67. The van der Waals surface area contributed by atoms with Crippen molar-refractivity contribution in [3.8, 4) is 5.75 Å². The summed E-state index contributed by atoms with van der Waals surface area (Å²) in [7, 11) is 1.73. The van der Waals surface area contributed by atoms with Crippen LogP contribution in [0.1, 0.15) is 23.7 Å². The molecule has 0 atom stereocenters. The summed E-state index contributed by atoms with van der Waals surface area (Å²) in [6.07, 6.45) is 0.0247. The number of Topliss-reactive ketones (excluding diaryl/α,β-unsaturated/α-hetero) is 1. The maximum absolute atomic E-state index is 12.1. The molecule has 104 valence electrons. The average molecular weight is 265 g/mol. The minimum Gasteiger partial charge on any atom is -0.493 e. The zero-order chi connectivity index (χ0) is 14.3. The number of para-hydroxylation sites is 1. The van der Waals surface area contributed by atoms with Crippen LogP contribution in [0.2, 0.25) is 0 Å². The molecule has 0 heterocycles. The molecule has 0 aromatic heterocycles. The number of benzene rings is 1. The van der Waals surface area contributed by atoms with Crippen molar-refractivity contribution in [3.05, 3.63) is 29.8 Å². The van der Waals surface area contributed by atoms with Gasteiger partial charge < -0.3 is 9.84 Å². The van der Waals surface area contributed by atoms with Crippen LogP contribution in [-0.4, -0.2) is 48.5 Å². The monoisotopic (exact) mass is 265 g/mol. The predicted molar refractivity (Wildman–Crippen MR) is 71.7 cm³/mol. The fraction of sp³-hybridized carbons (Fsp3) is 0.429. The number of carboxylic acid groups (broad SMARTS) is 1. The number of aliphatic carboxylic acids is 1. The summed E-state index contributed by atoms with van der Waals surface area (Å²) < 4.78 is 5.40. The second kappa shape index (κ2) is 7.53. The van der Waals surface area contributed by atoms with Crippen molar-refractivity contribution in [2.75, 3.05) is 26.7 Å². The summed E-state index contributed by atoms with van der Waals surface area (Å²) in [5.41, 5.74) is 0.534. The van der Waals surface area contributed by atoms with E-state index in [1.165, 1.54) is 0 Å². The lowest BCUT2D eigenvalue weighted by molar-refractivity contribution is -0.137. The lowest BCUT2D eigenvalue weighted by Crippen LogP contribution is -2.28. The normalized spacial score (nSPS) is 10.5. The maximum Gasteiger partial charge on any atom is 0.304 e. The third-order valence-corrected chi connectivity index (χ3v) is 2.61. The summed E-state index contributed by atoms with van der Waals surface area (Å²) in [6.45, 7) is 2.88. The van der Waals surface area contributed by atoms with E-state index >= 15 is 0 Å². The molecule has 0 bridgehead atoms. The van der Waals surface area contributed by atoms with Gasteiger partial charge in [0.2, 0.25) is 0 Å². The molecule has 0 fully saturated rings. The number of hydrogen-bond acceptors (Lipinski definition) is 4. The molecule has 0 saturated carbocycles. The zero-order valence-corrected chi connectivity index (χ0v) is 11.3. The fourth-order valence-corrected chi connectivity index (χ4v) is 1.67. The number of hydrogen-bond donors (Lipinski definition) is 1. The van der Waals surface area contributed by atoms with Crippen LogP contribution in [0.25, 0.3) is 0 Å². The second-order valence-corrected chi connectivity index (χ2v) is 4.23. The Morgan fingerprint density at radius 3 is 2.63 bits per heavy atom. The van der Waals surface area contributed by atoms with Gasteiger partial charge in [-0.15, -0.1) is 0 Å². The van der Waals surface area contributed by atoms with Crippen LogP contribution < -0.4 is 4.74 Å². The number of carboxylic acids is 1. The molecule has 5 nitrogen and oxygen atoms in total. The second-order valence-electron chi connectivity index (χ2n) is 4.23. The van der Waals surface area contributed by atoms with Gasteiger partial charge in [0.25, 0.3) is 0 Å². The van der Waals surface area contributed by atoms with Crippen LogP contribution in [0, 0.1) is 0 Å². The molecule has 19 heavy (non-hydrogen) atoms. The quantitative estimate of drug-likeness (QED) is 0.724. The van der Waals surface area contributed by atoms with E-state index in [0.29, 0.717) is 24.5 Å². The van der Waals surface area contributed by atoms with Gasteiger partial charge in [-0.1, -0.05) is 12.1 Å². The standard InChI is InChI=1S/C14H19NO4/c1-3-19-13-7-5-4-6-11(13)12(16)10-15(2)9-8-14(17)18/h4-7H,3,8-10H2,1-2H3,(H,17,18). The molecule has 0 unspecified atom stereocenters. The number of carbonyl (C=O) groups is 2. The topological polar surface area (TPSA) is 66.8 Å². The van der Waals surface area contributed by atoms with Gasteiger partial charge in [-0.05, 0) is 26.1 Å². The third-order valence-electron chi connectivity index (χ3n) is 2.61. The Morgan fingerprint density at radius 1 is 1.32 bits per heavy atom. The summed E-state index contributed by atoms with van der Waals surface area (Å²) in [5.74, 6) is -0.368. The number of ether oxygens (including phenoxy) is 1. The predicted octanol–water partition coefficient (Wildman–Crippen LogP) is 1.67. The van der Waals surface area contributed by atoms with E-state index in [1.54, 1.807) is 30.1 Å². The molecule has 0 aliphatic heterocycles. The zero-order valence-electron chi connectivity index (χ0n) is 11.3. The lowest BCUT2D eigenvalue weighted by Gasteiger charge is -2.15. The van der Waals surface area contributed by atoms with Crippen LogP contribution in [0.5, 0.6) is 5.75 Å². The number of rotatable bonds is 8. The maximum atomic E-state index is 12.1. The van der Waals surface area contributed by atoms with E-state index in [9.17, 15) is 9.59 Å². The minimum absolute atomic E-state index is 0.0247. The van der Waals surface area contributed by atoms with Gasteiger partial charge in [-0.2, -0.15) is 0 Å². The van der Waals surface area contributed by atoms with Crippen molar-refractivity contribution in [3.63, 3.8) is 0 Å².